The summed E-state index contributed by atoms with van der Waals surface area (Å²) in [6.07, 6.45) is 2.25. The monoisotopic (exact) mass is 355 g/mol. The molecule has 1 aliphatic heterocycles. The van der Waals surface area contributed by atoms with Gasteiger partial charge >= 0.3 is 0 Å². The third-order valence-corrected chi connectivity index (χ3v) is 4.69. The number of aromatic nitrogens is 3. The third kappa shape index (κ3) is 2.63. The molecule has 1 fully saturated rings. The Hall–Kier alpha value is -3.16. The molecule has 0 radical (unpaired) electrons. The van der Waals surface area contributed by atoms with E-state index in [1.54, 1.807) is 41.0 Å². The summed E-state index contributed by atoms with van der Waals surface area (Å²) in [5, 5.41) is 7.61. The fraction of sp³-hybridized carbons (Fsp3) is 0.278. The standard InChI is InChI=1S/C18H18FN5O2/c1-10-3-4-12(19)16-11(10)9-14(20-16)17(25)21-13-5-8-24(18(13)26)15-6-7-23(2)22-15/h3-4,6-7,9,13,20H,5,8H2,1-2H3,(H,21,25). The fourth-order valence-electron chi connectivity index (χ4n) is 3.27. The van der Waals surface area contributed by atoms with Crippen molar-refractivity contribution in [2.75, 3.05) is 11.4 Å². The van der Waals surface area contributed by atoms with Crippen molar-refractivity contribution in [2.24, 2.45) is 7.05 Å². The number of nitrogens with zero attached hydrogens (tertiary/aromatic N) is 3. The number of carbonyl (C=O) groups is 2. The lowest BCUT2D eigenvalue weighted by Crippen LogP contribution is -2.41. The highest BCUT2D eigenvalue weighted by atomic mass is 19.1. The number of rotatable bonds is 3. The van der Waals surface area contributed by atoms with Gasteiger partial charge in [-0.15, -0.1) is 0 Å². The molecule has 0 aliphatic carbocycles. The summed E-state index contributed by atoms with van der Waals surface area (Å²) < 4.78 is 15.5. The van der Waals surface area contributed by atoms with Gasteiger partial charge in [0.25, 0.3) is 11.8 Å². The second kappa shape index (κ2) is 5.98. The molecule has 0 saturated carbocycles. The quantitative estimate of drug-likeness (QED) is 0.753. The van der Waals surface area contributed by atoms with E-state index in [9.17, 15) is 14.0 Å². The molecule has 8 heteroatoms. The van der Waals surface area contributed by atoms with Gasteiger partial charge in [0.05, 0.1) is 5.52 Å². The van der Waals surface area contributed by atoms with Gasteiger partial charge in [-0.25, -0.2) is 4.39 Å². The lowest BCUT2D eigenvalue weighted by Gasteiger charge is -2.14. The van der Waals surface area contributed by atoms with Crippen LogP contribution in [0.4, 0.5) is 10.2 Å². The van der Waals surface area contributed by atoms with Gasteiger partial charge in [0.2, 0.25) is 0 Å². The second-order valence-electron chi connectivity index (χ2n) is 6.49. The van der Waals surface area contributed by atoms with E-state index in [2.05, 4.69) is 15.4 Å². The average molecular weight is 355 g/mol. The predicted molar refractivity (Wildman–Crippen MR) is 94.4 cm³/mol. The van der Waals surface area contributed by atoms with E-state index in [0.29, 0.717) is 29.7 Å². The Balaban J connectivity index is 1.53. The first kappa shape index (κ1) is 16.3. The van der Waals surface area contributed by atoms with E-state index in [1.165, 1.54) is 6.07 Å². The molecule has 4 rings (SSSR count). The summed E-state index contributed by atoms with van der Waals surface area (Å²) in [7, 11) is 1.78. The summed E-state index contributed by atoms with van der Waals surface area (Å²) in [4.78, 5) is 29.5. The maximum atomic E-state index is 13.9. The molecular formula is C18H18FN5O2. The van der Waals surface area contributed by atoms with Crippen molar-refractivity contribution in [1.82, 2.24) is 20.1 Å². The number of aryl methyl sites for hydroxylation is 2. The van der Waals surface area contributed by atoms with Crippen LogP contribution >= 0.6 is 0 Å². The van der Waals surface area contributed by atoms with E-state index >= 15 is 0 Å². The third-order valence-electron chi connectivity index (χ3n) is 4.69. The number of fused-ring (bicyclic) bond motifs is 1. The number of amides is 2. The molecule has 1 atom stereocenters. The van der Waals surface area contributed by atoms with Crippen molar-refractivity contribution in [3.05, 3.63) is 47.5 Å². The maximum Gasteiger partial charge on any atom is 0.268 e. The van der Waals surface area contributed by atoms with E-state index in [0.717, 1.165) is 5.56 Å². The molecule has 1 unspecified atom stereocenters. The van der Waals surface area contributed by atoms with Gasteiger partial charge in [-0.1, -0.05) is 6.07 Å². The Morgan fingerprint density at radius 3 is 2.88 bits per heavy atom. The Bertz CT molecular complexity index is 983. The molecule has 7 nitrogen and oxygen atoms in total. The summed E-state index contributed by atoms with van der Waals surface area (Å²) >= 11 is 0. The highest BCUT2D eigenvalue weighted by molar-refractivity contribution is 6.04. The van der Waals surface area contributed by atoms with Crippen LogP contribution in [0.15, 0.2) is 30.5 Å². The molecular weight excluding hydrogens is 337 g/mol. The minimum atomic E-state index is -0.623. The number of benzene rings is 1. The van der Waals surface area contributed by atoms with Gasteiger partial charge in [0, 0.05) is 31.2 Å². The van der Waals surface area contributed by atoms with Crippen LogP contribution in [0.3, 0.4) is 0 Å². The van der Waals surface area contributed by atoms with Crippen molar-refractivity contribution >= 4 is 28.5 Å². The van der Waals surface area contributed by atoms with Gasteiger partial charge in [0.1, 0.15) is 17.6 Å². The smallest absolute Gasteiger partial charge is 0.268 e. The minimum absolute atomic E-state index is 0.199. The van der Waals surface area contributed by atoms with Crippen LogP contribution in [0.2, 0.25) is 0 Å². The summed E-state index contributed by atoms with van der Waals surface area (Å²) in [5.74, 6) is -0.475. The second-order valence-corrected chi connectivity index (χ2v) is 6.49. The average Bonchev–Trinajstić information content (AvgIpc) is 3.31. The molecule has 3 heterocycles. The zero-order valence-corrected chi connectivity index (χ0v) is 14.4. The lowest BCUT2D eigenvalue weighted by atomic mass is 10.1. The van der Waals surface area contributed by atoms with Crippen molar-refractivity contribution in [1.29, 1.82) is 0 Å². The van der Waals surface area contributed by atoms with Gasteiger partial charge in [0.15, 0.2) is 5.82 Å². The van der Waals surface area contributed by atoms with Gasteiger partial charge in [-0.3, -0.25) is 19.2 Å². The summed E-state index contributed by atoms with van der Waals surface area (Å²) in [5.41, 5.74) is 1.40. The number of halogens is 1. The van der Waals surface area contributed by atoms with Crippen LogP contribution in [0, 0.1) is 12.7 Å². The molecule has 0 spiro atoms. The fourth-order valence-corrected chi connectivity index (χ4v) is 3.27. The van der Waals surface area contributed by atoms with Crippen LogP contribution < -0.4 is 10.2 Å². The van der Waals surface area contributed by atoms with E-state index in [1.807, 2.05) is 6.92 Å². The first-order valence-corrected chi connectivity index (χ1v) is 8.34. The van der Waals surface area contributed by atoms with Gasteiger partial charge in [-0.2, -0.15) is 5.10 Å². The molecule has 1 saturated heterocycles. The zero-order valence-electron chi connectivity index (χ0n) is 14.4. The Morgan fingerprint density at radius 1 is 1.38 bits per heavy atom. The molecule has 2 N–H and O–H groups in total. The van der Waals surface area contributed by atoms with Crippen molar-refractivity contribution in [3.8, 4) is 0 Å². The van der Waals surface area contributed by atoms with Gasteiger partial charge < -0.3 is 10.3 Å². The van der Waals surface area contributed by atoms with Crippen LogP contribution in [0.1, 0.15) is 22.5 Å². The summed E-state index contributed by atoms with van der Waals surface area (Å²) in [6.45, 7) is 2.34. The number of anilines is 1. The van der Waals surface area contributed by atoms with Crippen LogP contribution in [0.25, 0.3) is 10.9 Å². The van der Waals surface area contributed by atoms with Gasteiger partial charge in [-0.05, 0) is 31.0 Å². The van der Waals surface area contributed by atoms with E-state index in [4.69, 9.17) is 0 Å². The predicted octanol–water partition coefficient (Wildman–Crippen LogP) is 1.88. The van der Waals surface area contributed by atoms with Crippen molar-refractivity contribution in [2.45, 2.75) is 19.4 Å². The number of H-pyrrole nitrogens is 1. The number of hydrogen-bond donors (Lipinski definition) is 2. The number of carbonyl (C=O) groups excluding carboxylic acids is 2. The number of aromatic amines is 1. The maximum absolute atomic E-state index is 13.9. The molecule has 2 aromatic heterocycles. The van der Waals surface area contributed by atoms with E-state index < -0.39 is 17.8 Å². The van der Waals surface area contributed by atoms with Crippen molar-refractivity contribution < 1.29 is 14.0 Å². The lowest BCUT2D eigenvalue weighted by molar-refractivity contribution is -0.118. The Labute approximate surface area is 148 Å². The Morgan fingerprint density at radius 2 is 2.19 bits per heavy atom. The molecule has 1 aliphatic rings. The Kier molecular flexibility index (Phi) is 3.75. The zero-order chi connectivity index (χ0) is 18.4. The first-order valence-electron chi connectivity index (χ1n) is 8.34. The molecule has 0 bridgehead atoms. The molecule has 134 valence electrons. The SMILES string of the molecule is Cc1ccc(F)c2[nH]c(C(=O)NC3CCN(c4ccn(C)n4)C3=O)cc12. The topological polar surface area (TPSA) is 83.0 Å². The van der Waals surface area contributed by atoms with Crippen LogP contribution in [-0.4, -0.2) is 39.2 Å². The molecule has 2 amide bonds. The molecule has 3 aromatic rings. The normalized spacial score (nSPS) is 17.3. The summed E-state index contributed by atoms with van der Waals surface area (Å²) in [6, 6.07) is 5.77. The highest BCUT2D eigenvalue weighted by Crippen LogP contribution is 2.23. The van der Waals surface area contributed by atoms with E-state index in [-0.39, 0.29) is 11.6 Å². The largest absolute Gasteiger partial charge is 0.348 e. The first-order chi connectivity index (χ1) is 12.4. The number of hydrogen-bond acceptors (Lipinski definition) is 3. The highest BCUT2D eigenvalue weighted by Gasteiger charge is 2.35. The van der Waals surface area contributed by atoms with Crippen molar-refractivity contribution in [3.63, 3.8) is 0 Å². The van der Waals surface area contributed by atoms with Crippen LogP contribution in [-0.2, 0) is 11.8 Å². The minimum Gasteiger partial charge on any atom is -0.348 e. The molecule has 1 aromatic carbocycles. The van der Waals surface area contributed by atoms with Crippen LogP contribution in [0.5, 0.6) is 0 Å². The number of nitrogens with one attached hydrogen (secondary N) is 2. The molecule has 26 heavy (non-hydrogen) atoms.